The van der Waals surface area contributed by atoms with Crippen molar-refractivity contribution < 1.29 is 9.53 Å². The smallest absolute Gasteiger partial charge is 0.178 e. The monoisotopic (exact) mass is 229 g/mol. The Balaban J connectivity index is 2.60. The Labute approximate surface area is 100 Å². The van der Waals surface area contributed by atoms with Gasteiger partial charge >= 0.3 is 0 Å². The molecule has 0 fully saturated rings. The van der Waals surface area contributed by atoms with Crippen LogP contribution in [0.2, 0.25) is 0 Å². The van der Waals surface area contributed by atoms with Crippen LogP contribution in [-0.2, 0) is 0 Å². The molecule has 3 nitrogen and oxygen atoms in total. The van der Waals surface area contributed by atoms with Gasteiger partial charge in [-0.25, -0.2) is 4.98 Å². The van der Waals surface area contributed by atoms with E-state index in [0.717, 1.165) is 22.2 Å². The zero-order chi connectivity index (χ0) is 12.4. The molecule has 0 N–H and O–H groups in total. The standard InChI is InChI=1S/C14H15NO2/c1-4-17-11-5-6-13-12(8-11)9(2)7-14(15-13)10(3)16/h5-8H,4H2,1-3H3. The van der Waals surface area contributed by atoms with E-state index in [1.807, 2.05) is 38.1 Å². The third kappa shape index (κ3) is 2.28. The molecule has 0 aliphatic heterocycles. The van der Waals surface area contributed by atoms with Crippen LogP contribution < -0.4 is 4.74 Å². The first-order chi connectivity index (χ1) is 8.11. The van der Waals surface area contributed by atoms with E-state index in [1.165, 1.54) is 6.92 Å². The average Bonchev–Trinajstić information content (AvgIpc) is 2.30. The number of rotatable bonds is 3. The number of ether oxygens (including phenoxy) is 1. The van der Waals surface area contributed by atoms with Crippen molar-refractivity contribution in [1.29, 1.82) is 0 Å². The SMILES string of the molecule is CCOc1ccc2nc(C(C)=O)cc(C)c2c1. The summed E-state index contributed by atoms with van der Waals surface area (Å²) >= 11 is 0. The Kier molecular flexibility index (Phi) is 3.09. The Morgan fingerprint density at radius 2 is 2.12 bits per heavy atom. The van der Waals surface area contributed by atoms with Gasteiger partial charge in [-0.15, -0.1) is 0 Å². The van der Waals surface area contributed by atoms with E-state index >= 15 is 0 Å². The van der Waals surface area contributed by atoms with Gasteiger partial charge in [0, 0.05) is 12.3 Å². The number of ketones is 1. The maximum absolute atomic E-state index is 11.3. The third-order valence-electron chi connectivity index (χ3n) is 2.66. The lowest BCUT2D eigenvalue weighted by Crippen LogP contribution is -1.99. The quantitative estimate of drug-likeness (QED) is 0.759. The highest BCUT2D eigenvalue weighted by Gasteiger charge is 2.07. The topological polar surface area (TPSA) is 39.2 Å². The molecule has 0 bridgehead atoms. The van der Waals surface area contributed by atoms with Crippen LogP contribution >= 0.6 is 0 Å². The van der Waals surface area contributed by atoms with Gasteiger partial charge in [0.05, 0.1) is 12.1 Å². The van der Waals surface area contributed by atoms with E-state index in [4.69, 9.17) is 4.74 Å². The summed E-state index contributed by atoms with van der Waals surface area (Å²) in [7, 11) is 0. The molecular formula is C14H15NO2. The number of carbonyl (C=O) groups is 1. The van der Waals surface area contributed by atoms with Crippen molar-refractivity contribution in [3.05, 3.63) is 35.5 Å². The highest BCUT2D eigenvalue weighted by atomic mass is 16.5. The Morgan fingerprint density at radius 3 is 2.76 bits per heavy atom. The van der Waals surface area contributed by atoms with Gasteiger partial charge < -0.3 is 4.74 Å². The molecule has 1 aromatic heterocycles. The van der Waals surface area contributed by atoms with Gasteiger partial charge in [0.2, 0.25) is 0 Å². The average molecular weight is 229 g/mol. The summed E-state index contributed by atoms with van der Waals surface area (Å²) in [5, 5.41) is 1.03. The lowest BCUT2D eigenvalue weighted by atomic mass is 10.1. The van der Waals surface area contributed by atoms with E-state index in [-0.39, 0.29) is 5.78 Å². The molecule has 0 radical (unpaired) electrons. The van der Waals surface area contributed by atoms with Crippen molar-refractivity contribution in [3.63, 3.8) is 0 Å². The van der Waals surface area contributed by atoms with E-state index < -0.39 is 0 Å². The molecule has 0 amide bonds. The van der Waals surface area contributed by atoms with Gasteiger partial charge in [-0.1, -0.05) is 0 Å². The second-order valence-corrected chi connectivity index (χ2v) is 3.99. The summed E-state index contributed by atoms with van der Waals surface area (Å²) in [6.07, 6.45) is 0. The third-order valence-corrected chi connectivity index (χ3v) is 2.66. The van der Waals surface area contributed by atoms with Crippen molar-refractivity contribution >= 4 is 16.7 Å². The highest BCUT2D eigenvalue weighted by Crippen LogP contribution is 2.23. The zero-order valence-electron chi connectivity index (χ0n) is 10.3. The fourth-order valence-corrected chi connectivity index (χ4v) is 1.81. The summed E-state index contributed by atoms with van der Waals surface area (Å²) in [6, 6.07) is 7.55. The molecule has 1 heterocycles. The molecule has 0 spiro atoms. The lowest BCUT2D eigenvalue weighted by molar-refractivity contribution is 0.101. The highest BCUT2D eigenvalue weighted by molar-refractivity contribution is 5.96. The number of Topliss-reactive ketones (excluding diaryl/α,β-unsaturated/α-hetero) is 1. The summed E-state index contributed by atoms with van der Waals surface area (Å²) in [6.45, 7) is 6.10. The van der Waals surface area contributed by atoms with Crippen molar-refractivity contribution in [2.45, 2.75) is 20.8 Å². The van der Waals surface area contributed by atoms with Gasteiger partial charge in [-0.3, -0.25) is 4.79 Å². The van der Waals surface area contributed by atoms with Crippen LogP contribution in [0, 0.1) is 6.92 Å². The van der Waals surface area contributed by atoms with Crippen molar-refractivity contribution in [2.24, 2.45) is 0 Å². The summed E-state index contributed by atoms with van der Waals surface area (Å²) in [5.74, 6) is 0.823. The number of hydrogen-bond acceptors (Lipinski definition) is 3. The predicted molar refractivity (Wildman–Crippen MR) is 67.7 cm³/mol. The molecule has 2 aromatic rings. The normalized spacial score (nSPS) is 10.5. The molecule has 17 heavy (non-hydrogen) atoms. The van der Waals surface area contributed by atoms with Crippen LogP contribution in [0.1, 0.15) is 29.9 Å². The van der Waals surface area contributed by atoms with Crippen LogP contribution in [-0.4, -0.2) is 17.4 Å². The maximum Gasteiger partial charge on any atom is 0.178 e. The Morgan fingerprint density at radius 1 is 1.35 bits per heavy atom. The van der Waals surface area contributed by atoms with Crippen molar-refractivity contribution in [1.82, 2.24) is 4.98 Å². The van der Waals surface area contributed by atoms with E-state index in [9.17, 15) is 4.79 Å². The Hall–Kier alpha value is -1.90. The first kappa shape index (κ1) is 11.6. The molecule has 0 unspecified atom stereocenters. The molecule has 0 aliphatic rings. The van der Waals surface area contributed by atoms with Crippen LogP contribution in [0.4, 0.5) is 0 Å². The van der Waals surface area contributed by atoms with Crippen molar-refractivity contribution in [2.75, 3.05) is 6.61 Å². The predicted octanol–water partition coefficient (Wildman–Crippen LogP) is 3.14. The minimum Gasteiger partial charge on any atom is -0.494 e. The molecule has 0 aliphatic carbocycles. The number of aryl methyl sites for hydroxylation is 1. The number of pyridine rings is 1. The fraction of sp³-hybridized carbons (Fsp3) is 0.286. The molecular weight excluding hydrogens is 214 g/mol. The van der Waals surface area contributed by atoms with E-state index in [1.54, 1.807) is 0 Å². The second kappa shape index (κ2) is 4.53. The lowest BCUT2D eigenvalue weighted by Gasteiger charge is -2.07. The zero-order valence-corrected chi connectivity index (χ0v) is 10.3. The number of carbonyl (C=O) groups excluding carboxylic acids is 1. The van der Waals surface area contributed by atoms with E-state index in [0.29, 0.717) is 12.3 Å². The number of benzene rings is 1. The van der Waals surface area contributed by atoms with Crippen LogP contribution in [0.3, 0.4) is 0 Å². The van der Waals surface area contributed by atoms with Crippen LogP contribution in [0.25, 0.3) is 10.9 Å². The summed E-state index contributed by atoms with van der Waals surface area (Å²) < 4.78 is 5.45. The molecule has 2 rings (SSSR count). The largest absolute Gasteiger partial charge is 0.494 e. The first-order valence-corrected chi connectivity index (χ1v) is 5.67. The van der Waals surface area contributed by atoms with Gasteiger partial charge in [-0.05, 0) is 43.7 Å². The first-order valence-electron chi connectivity index (χ1n) is 5.67. The minimum absolute atomic E-state index is 0.0103. The molecule has 1 aromatic carbocycles. The van der Waals surface area contributed by atoms with Gasteiger partial charge in [0.25, 0.3) is 0 Å². The molecule has 0 atom stereocenters. The molecule has 0 saturated carbocycles. The molecule has 0 saturated heterocycles. The number of nitrogens with zero attached hydrogens (tertiary/aromatic N) is 1. The van der Waals surface area contributed by atoms with Gasteiger partial charge in [-0.2, -0.15) is 0 Å². The molecule has 3 heteroatoms. The Bertz CT molecular complexity index is 576. The van der Waals surface area contributed by atoms with Crippen LogP contribution in [0.5, 0.6) is 5.75 Å². The maximum atomic E-state index is 11.3. The van der Waals surface area contributed by atoms with Gasteiger partial charge in [0.15, 0.2) is 5.78 Å². The van der Waals surface area contributed by atoms with Crippen LogP contribution in [0.15, 0.2) is 24.3 Å². The number of hydrogen-bond donors (Lipinski definition) is 0. The van der Waals surface area contributed by atoms with Gasteiger partial charge in [0.1, 0.15) is 11.4 Å². The van der Waals surface area contributed by atoms with Crippen molar-refractivity contribution in [3.8, 4) is 5.75 Å². The number of aromatic nitrogens is 1. The number of fused-ring (bicyclic) bond motifs is 1. The van der Waals surface area contributed by atoms with E-state index in [2.05, 4.69) is 4.98 Å². The fourth-order valence-electron chi connectivity index (χ4n) is 1.81. The summed E-state index contributed by atoms with van der Waals surface area (Å²) in [4.78, 5) is 15.7. The second-order valence-electron chi connectivity index (χ2n) is 3.99. The molecule has 88 valence electrons. The summed E-state index contributed by atoms with van der Waals surface area (Å²) in [5.41, 5.74) is 2.39. The minimum atomic E-state index is -0.0103.